The summed E-state index contributed by atoms with van der Waals surface area (Å²) in [7, 11) is -1.75. The number of nitrogens with zero attached hydrogens (tertiary/aromatic N) is 2. The molecule has 0 saturated heterocycles. The maximum atomic E-state index is 4.99. The number of thiol groups is 2. The molecule has 0 radical (unpaired) electrons. The summed E-state index contributed by atoms with van der Waals surface area (Å²) in [6.45, 7) is 0. The first-order valence-electron chi connectivity index (χ1n) is 14.8. The molecule has 0 aliphatic rings. The van der Waals surface area contributed by atoms with Crippen LogP contribution in [0.3, 0.4) is 0 Å². The zero-order valence-electron chi connectivity index (χ0n) is 24.1. The normalized spacial score (nSPS) is 11.5. The molecule has 6 rings (SSSR count). The number of rotatable bonds is 11. The van der Waals surface area contributed by atoms with Crippen molar-refractivity contribution in [3.05, 3.63) is 174 Å². The molecule has 0 fully saturated rings. The predicted octanol–water partition coefficient (Wildman–Crippen LogP) is 5.30. The van der Waals surface area contributed by atoms with Crippen molar-refractivity contribution in [1.29, 1.82) is 0 Å². The van der Waals surface area contributed by atoms with Crippen molar-refractivity contribution < 1.29 is 0 Å². The second kappa shape index (κ2) is 13.7. The van der Waals surface area contributed by atoms with Gasteiger partial charge in [-0.25, -0.2) is 0 Å². The van der Waals surface area contributed by atoms with E-state index in [1.54, 1.807) is 0 Å². The Labute approximate surface area is 267 Å². The highest BCUT2D eigenvalue weighted by Crippen LogP contribution is 2.23. The highest BCUT2D eigenvalue weighted by molar-refractivity contribution is 7.79. The highest BCUT2D eigenvalue weighted by Gasteiger charge is 2.40. The second-order valence-electron chi connectivity index (χ2n) is 11.0. The number of aromatic nitrogens is 2. The van der Waals surface area contributed by atoms with Crippen LogP contribution in [0.5, 0.6) is 0 Å². The molecule has 0 atom stereocenters. The van der Waals surface area contributed by atoms with E-state index in [0.29, 0.717) is 0 Å². The van der Waals surface area contributed by atoms with Crippen LogP contribution in [0.25, 0.3) is 0 Å². The second-order valence-corrected chi connectivity index (χ2v) is 15.5. The fourth-order valence-electron chi connectivity index (χ4n) is 6.20. The van der Waals surface area contributed by atoms with Crippen LogP contribution in [-0.4, -0.2) is 24.9 Å². The lowest BCUT2D eigenvalue weighted by atomic mass is 9.58. The fraction of sp³-hybridized carbons (Fsp3) is 0.108. The average Bonchev–Trinajstić information content (AvgIpc) is 3.53. The molecule has 1 aromatic heterocycles. The van der Waals surface area contributed by atoms with E-state index < -0.39 is 8.07 Å². The molecular weight excluding hydrogens is 575 g/mol. The number of hydrogen-bond acceptors (Lipinski definition) is 3. The standard InChI is InChI=1S/C37H35BN2S2Si/c41-26-29-16-20-34(21-17-29)43(33-14-8-3-9-15-33,35-22-18-30(27-42)19-23-35)28-40-25-24-39-37(40)38-36(31-10-4-1-5-11-31)32-12-6-2-7-13-32/h1-25,36,38,41-42H,26-28H2. The first-order chi connectivity index (χ1) is 21.2. The van der Waals surface area contributed by atoms with Gasteiger partial charge in [0.05, 0.1) is 5.72 Å². The van der Waals surface area contributed by atoms with Crippen LogP contribution >= 0.6 is 25.3 Å². The van der Waals surface area contributed by atoms with E-state index in [4.69, 9.17) is 4.98 Å². The largest absolute Gasteiger partial charge is 0.345 e. The van der Waals surface area contributed by atoms with Crippen molar-refractivity contribution in [3.8, 4) is 0 Å². The van der Waals surface area contributed by atoms with Crippen molar-refractivity contribution in [2.45, 2.75) is 23.5 Å². The Balaban J connectivity index is 1.49. The van der Waals surface area contributed by atoms with Crippen LogP contribution in [-0.2, 0) is 17.7 Å². The summed E-state index contributed by atoms with van der Waals surface area (Å²) in [6, 6.07) is 51.1. The van der Waals surface area contributed by atoms with Crippen LogP contribution < -0.4 is 21.3 Å². The molecule has 0 unspecified atom stereocenters. The minimum Gasteiger partial charge on any atom is -0.345 e. The molecule has 0 aliphatic heterocycles. The zero-order valence-corrected chi connectivity index (χ0v) is 26.9. The molecule has 0 bridgehead atoms. The van der Waals surface area contributed by atoms with Gasteiger partial charge in [0, 0.05) is 30.1 Å². The molecule has 6 aromatic rings. The van der Waals surface area contributed by atoms with Crippen LogP contribution in [0.2, 0.25) is 0 Å². The van der Waals surface area contributed by atoms with Crippen molar-refractivity contribution in [1.82, 2.24) is 9.55 Å². The van der Waals surface area contributed by atoms with Gasteiger partial charge in [0.1, 0.15) is 0 Å². The molecule has 5 aromatic carbocycles. The average molecular weight is 611 g/mol. The molecule has 0 spiro atoms. The molecule has 1 heterocycles. The summed E-state index contributed by atoms with van der Waals surface area (Å²) in [5, 5.41) is 4.14. The summed E-state index contributed by atoms with van der Waals surface area (Å²) in [5.41, 5.74) is 6.17. The van der Waals surface area contributed by atoms with Gasteiger partial charge in [0.15, 0.2) is 8.07 Å². The predicted molar refractivity (Wildman–Crippen MR) is 193 cm³/mol. The Morgan fingerprint density at radius 2 is 1.02 bits per heavy atom. The van der Waals surface area contributed by atoms with Crippen LogP contribution in [0.4, 0.5) is 0 Å². The molecule has 6 heteroatoms. The van der Waals surface area contributed by atoms with Gasteiger partial charge in [-0.3, -0.25) is 4.98 Å². The van der Waals surface area contributed by atoms with Gasteiger partial charge in [0.2, 0.25) is 7.28 Å². The molecule has 43 heavy (non-hydrogen) atoms. The van der Waals surface area contributed by atoms with E-state index in [-0.39, 0.29) is 5.82 Å². The van der Waals surface area contributed by atoms with E-state index in [1.165, 1.54) is 37.8 Å². The van der Waals surface area contributed by atoms with Crippen LogP contribution in [0.15, 0.2) is 152 Å². The SMILES string of the molecule is SCc1ccc([Si](Cn2ccnc2BC(c2ccccc2)c2ccccc2)(c2ccccc2)c2ccc(CS)cc2)cc1. The van der Waals surface area contributed by atoms with Crippen LogP contribution in [0.1, 0.15) is 28.1 Å². The lowest BCUT2D eigenvalue weighted by Gasteiger charge is -2.35. The van der Waals surface area contributed by atoms with Gasteiger partial charge in [-0.05, 0) is 43.6 Å². The minimum absolute atomic E-state index is 0.209. The Hall–Kier alpha value is -3.71. The Kier molecular flexibility index (Phi) is 9.37. The molecule has 212 valence electrons. The quantitative estimate of drug-likeness (QED) is 0.116. The third-order valence-corrected chi connectivity index (χ3v) is 14.0. The maximum absolute atomic E-state index is 4.99. The van der Waals surface area contributed by atoms with E-state index in [1.807, 2.05) is 6.20 Å². The summed E-state index contributed by atoms with van der Waals surface area (Å²) in [6.07, 6.45) is 5.00. The van der Waals surface area contributed by atoms with E-state index in [9.17, 15) is 0 Å². The molecule has 0 amide bonds. The van der Waals surface area contributed by atoms with Crippen LogP contribution in [0, 0.1) is 0 Å². The van der Waals surface area contributed by atoms with Crippen molar-refractivity contribution in [2.75, 3.05) is 0 Å². The molecule has 0 aliphatic carbocycles. The van der Waals surface area contributed by atoms with Gasteiger partial charge in [-0.1, -0.05) is 140 Å². The summed E-state index contributed by atoms with van der Waals surface area (Å²) in [4.78, 5) is 4.99. The third-order valence-electron chi connectivity index (χ3n) is 8.53. The third kappa shape index (κ3) is 6.33. The van der Waals surface area contributed by atoms with Gasteiger partial charge in [0.25, 0.3) is 0 Å². The Morgan fingerprint density at radius 1 is 0.581 bits per heavy atom. The van der Waals surface area contributed by atoms with Gasteiger partial charge < -0.3 is 4.57 Å². The Bertz CT molecular complexity index is 1640. The lowest BCUT2D eigenvalue weighted by molar-refractivity contribution is 0.889. The van der Waals surface area contributed by atoms with Crippen molar-refractivity contribution in [2.24, 2.45) is 0 Å². The number of benzene rings is 5. The van der Waals surface area contributed by atoms with Crippen molar-refractivity contribution in [3.63, 3.8) is 0 Å². The van der Waals surface area contributed by atoms with Gasteiger partial charge in [-0.2, -0.15) is 25.3 Å². The van der Waals surface area contributed by atoms with Gasteiger partial charge in [-0.15, -0.1) is 0 Å². The number of imidazole rings is 1. The summed E-state index contributed by atoms with van der Waals surface area (Å²) >= 11 is 9.09. The highest BCUT2D eigenvalue weighted by atomic mass is 32.1. The Morgan fingerprint density at radius 3 is 1.49 bits per heavy atom. The molecule has 0 saturated carbocycles. The maximum Gasteiger partial charge on any atom is 0.217 e. The minimum atomic E-state index is -2.57. The summed E-state index contributed by atoms with van der Waals surface area (Å²) in [5.74, 6) is 1.66. The first-order valence-corrected chi connectivity index (χ1v) is 18.2. The zero-order chi connectivity index (χ0) is 29.5. The van der Waals surface area contributed by atoms with E-state index in [2.05, 4.69) is 176 Å². The molecular formula is C37H35BN2S2Si. The first kappa shape index (κ1) is 29.4. The monoisotopic (exact) mass is 610 g/mol. The van der Waals surface area contributed by atoms with Gasteiger partial charge >= 0.3 is 0 Å². The van der Waals surface area contributed by atoms with Crippen molar-refractivity contribution >= 4 is 61.9 Å². The van der Waals surface area contributed by atoms with E-state index in [0.717, 1.165) is 30.7 Å². The molecule has 2 nitrogen and oxygen atoms in total. The topological polar surface area (TPSA) is 17.8 Å². The van der Waals surface area contributed by atoms with E-state index >= 15 is 0 Å². The molecule has 0 N–H and O–H groups in total. The lowest BCUT2D eigenvalue weighted by Crippen LogP contribution is -2.70. The number of hydrogen-bond donors (Lipinski definition) is 2. The summed E-state index contributed by atoms with van der Waals surface area (Å²) < 4.78 is 2.43. The fourth-order valence-corrected chi connectivity index (χ4v) is 11.2. The smallest absolute Gasteiger partial charge is 0.217 e.